The number of carbonyl (C=O) groups is 1. The highest BCUT2D eigenvalue weighted by atomic mass is 32.1. The van der Waals surface area contributed by atoms with Crippen molar-refractivity contribution < 1.29 is 9.21 Å². The lowest BCUT2D eigenvalue weighted by Crippen LogP contribution is -2.25. The molecule has 3 aromatic rings. The van der Waals surface area contributed by atoms with E-state index in [0.717, 1.165) is 17.1 Å². The molecule has 1 amide bonds. The van der Waals surface area contributed by atoms with Crippen molar-refractivity contribution in [3.05, 3.63) is 81.9 Å². The van der Waals surface area contributed by atoms with E-state index in [1.165, 1.54) is 22.5 Å². The number of hydrogen-bond acceptors (Lipinski definition) is 3. The number of amides is 1. The number of aryl methyl sites for hydroxylation is 1. The number of carbonyl (C=O) groups excluding carboxylic acids is 1. The Morgan fingerprint density at radius 2 is 2.00 bits per heavy atom. The fourth-order valence-corrected chi connectivity index (χ4v) is 3.23. The maximum Gasteiger partial charge on any atom is 0.261 e. The molecule has 0 aliphatic carbocycles. The molecule has 3 rings (SSSR count). The molecule has 0 unspecified atom stereocenters. The summed E-state index contributed by atoms with van der Waals surface area (Å²) in [5, 5.41) is 4.90. The maximum atomic E-state index is 12.0. The van der Waals surface area contributed by atoms with Gasteiger partial charge in [0.25, 0.3) is 5.91 Å². The summed E-state index contributed by atoms with van der Waals surface area (Å²) in [6, 6.07) is 16.1. The van der Waals surface area contributed by atoms with Crippen LogP contribution in [-0.4, -0.2) is 12.5 Å². The Morgan fingerprint density at radius 3 is 2.65 bits per heavy atom. The third-order valence-electron chi connectivity index (χ3n) is 3.83. The van der Waals surface area contributed by atoms with Gasteiger partial charge in [0.1, 0.15) is 5.76 Å². The van der Waals surface area contributed by atoms with E-state index in [1.54, 1.807) is 6.26 Å². The molecule has 2 heterocycles. The fraction of sp³-hybridized carbons (Fsp3) is 0.211. The van der Waals surface area contributed by atoms with Crippen LogP contribution in [0.5, 0.6) is 0 Å². The van der Waals surface area contributed by atoms with Gasteiger partial charge in [0.2, 0.25) is 0 Å². The molecule has 1 atom stereocenters. The van der Waals surface area contributed by atoms with Crippen LogP contribution in [0, 0.1) is 6.92 Å². The van der Waals surface area contributed by atoms with Crippen LogP contribution in [0.1, 0.15) is 38.9 Å². The van der Waals surface area contributed by atoms with Crippen molar-refractivity contribution in [3.8, 4) is 0 Å². The topological polar surface area (TPSA) is 42.2 Å². The molecule has 1 N–H and O–H groups in total. The molecule has 0 saturated carbocycles. The second-order valence-corrected chi connectivity index (χ2v) is 6.45. The average molecular weight is 325 g/mol. The minimum absolute atomic E-state index is 0.0119. The molecule has 1 aromatic carbocycles. The van der Waals surface area contributed by atoms with Gasteiger partial charge in [-0.3, -0.25) is 4.79 Å². The van der Waals surface area contributed by atoms with Crippen LogP contribution < -0.4 is 5.32 Å². The van der Waals surface area contributed by atoms with Crippen LogP contribution in [-0.2, 0) is 0 Å². The molecule has 0 bridgehead atoms. The van der Waals surface area contributed by atoms with Crippen LogP contribution in [0.25, 0.3) is 0 Å². The van der Waals surface area contributed by atoms with E-state index >= 15 is 0 Å². The predicted octanol–water partition coefficient (Wildman–Crippen LogP) is 4.60. The Labute approximate surface area is 140 Å². The van der Waals surface area contributed by atoms with Crippen LogP contribution >= 0.6 is 11.3 Å². The van der Waals surface area contributed by atoms with Crippen molar-refractivity contribution in [2.45, 2.75) is 19.3 Å². The molecule has 4 heteroatoms. The van der Waals surface area contributed by atoms with Crippen molar-refractivity contribution in [1.29, 1.82) is 0 Å². The minimum atomic E-state index is -0.0119. The normalized spacial score (nSPS) is 12.0. The van der Waals surface area contributed by atoms with Crippen molar-refractivity contribution in [1.82, 2.24) is 5.32 Å². The lowest BCUT2D eigenvalue weighted by atomic mass is 9.92. The highest BCUT2D eigenvalue weighted by molar-refractivity contribution is 7.12. The van der Waals surface area contributed by atoms with E-state index in [1.807, 2.05) is 29.6 Å². The van der Waals surface area contributed by atoms with Gasteiger partial charge >= 0.3 is 0 Å². The number of hydrogen-bond donors (Lipinski definition) is 1. The van der Waals surface area contributed by atoms with Gasteiger partial charge in [-0.05, 0) is 42.5 Å². The van der Waals surface area contributed by atoms with Crippen molar-refractivity contribution in [3.63, 3.8) is 0 Å². The molecule has 0 aliphatic heterocycles. The number of nitrogens with one attached hydrogen (secondary N) is 1. The van der Waals surface area contributed by atoms with Gasteiger partial charge in [-0.25, -0.2) is 0 Å². The molecule has 0 saturated heterocycles. The maximum absolute atomic E-state index is 12.0. The summed E-state index contributed by atoms with van der Waals surface area (Å²) in [5.74, 6) is 1.07. The highest BCUT2D eigenvalue weighted by Crippen LogP contribution is 2.28. The van der Waals surface area contributed by atoms with Gasteiger partial charge in [-0.15, -0.1) is 11.3 Å². The Kier molecular flexibility index (Phi) is 4.93. The average Bonchev–Trinajstić information content (AvgIpc) is 3.26. The molecule has 0 radical (unpaired) electrons. The largest absolute Gasteiger partial charge is 0.469 e. The Morgan fingerprint density at radius 1 is 1.17 bits per heavy atom. The molecule has 0 aliphatic rings. The lowest BCUT2D eigenvalue weighted by Gasteiger charge is -2.16. The summed E-state index contributed by atoms with van der Waals surface area (Å²) < 4.78 is 5.60. The van der Waals surface area contributed by atoms with E-state index < -0.39 is 0 Å². The van der Waals surface area contributed by atoms with Gasteiger partial charge in [-0.1, -0.05) is 35.9 Å². The number of furan rings is 1. The standard InChI is InChI=1S/C19H19NO2S/c1-14-6-8-15(9-7-14)16(17-4-2-12-22-17)10-11-20-19(21)18-5-3-13-23-18/h2-9,12-13,16H,10-11H2,1H3,(H,20,21)/t16-/m1/s1. The SMILES string of the molecule is Cc1ccc([C@@H](CCNC(=O)c2cccs2)c2ccco2)cc1. The van der Waals surface area contributed by atoms with Crippen LogP contribution in [0.4, 0.5) is 0 Å². The summed E-state index contributed by atoms with van der Waals surface area (Å²) in [6.07, 6.45) is 2.49. The predicted molar refractivity (Wildman–Crippen MR) is 93.0 cm³/mol. The zero-order chi connectivity index (χ0) is 16.1. The minimum Gasteiger partial charge on any atom is -0.469 e. The smallest absolute Gasteiger partial charge is 0.261 e. The van der Waals surface area contributed by atoms with Crippen LogP contribution in [0.3, 0.4) is 0 Å². The zero-order valence-corrected chi connectivity index (χ0v) is 13.8. The van der Waals surface area contributed by atoms with Crippen molar-refractivity contribution >= 4 is 17.2 Å². The second kappa shape index (κ2) is 7.29. The summed E-state index contributed by atoms with van der Waals surface area (Å²) >= 11 is 1.46. The quantitative estimate of drug-likeness (QED) is 0.719. The summed E-state index contributed by atoms with van der Waals surface area (Å²) in [4.78, 5) is 12.8. The summed E-state index contributed by atoms with van der Waals surface area (Å²) in [5.41, 5.74) is 2.44. The van der Waals surface area contributed by atoms with Gasteiger partial charge in [-0.2, -0.15) is 0 Å². The van der Waals surface area contributed by atoms with E-state index in [4.69, 9.17) is 4.42 Å². The summed E-state index contributed by atoms with van der Waals surface area (Å²) in [7, 11) is 0. The van der Waals surface area contributed by atoms with E-state index in [9.17, 15) is 4.79 Å². The molecule has 2 aromatic heterocycles. The van der Waals surface area contributed by atoms with E-state index in [0.29, 0.717) is 6.54 Å². The number of rotatable bonds is 6. The van der Waals surface area contributed by atoms with Gasteiger partial charge < -0.3 is 9.73 Å². The Balaban J connectivity index is 1.67. The lowest BCUT2D eigenvalue weighted by molar-refractivity contribution is 0.0956. The number of benzene rings is 1. The molecule has 0 fully saturated rings. The van der Waals surface area contributed by atoms with Crippen LogP contribution in [0.2, 0.25) is 0 Å². The zero-order valence-electron chi connectivity index (χ0n) is 13.0. The van der Waals surface area contributed by atoms with E-state index in [2.05, 4.69) is 36.5 Å². The Hall–Kier alpha value is -2.33. The van der Waals surface area contributed by atoms with Crippen molar-refractivity contribution in [2.75, 3.05) is 6.54 Å². The van der Waals surface area contributed by atoms with Crippen LogP contribution in [0.15, 0.2) is 64.6 Å². The molecule has 3 nitrogen and oxygen atoms in total. The monoisotopic (exact) mass is 325 g/mol. The van der Waals surface area contributed by atoms with Gasteiger partial charge in [0.15, 0.2) is 0 Å². The second-order valence-electron chi connectivity index (χ2n) is 5.50. The fourth-order valence-electron chi connectivity index (χ4n) is 2.59. The third-order valence-corrected chi connectivity index (χ3v) is 4.70. The highest BCUT2D eigenvalue weighted by Gasteiger charge is 2.17. The first-order valence-corrected chi connectivity index (χ1v) is 8.53. The molecule has 0 spiro atoms. The summed E-state index contributed by atoms with van der Waals surface area (Å²) in [6.45, 7) is 2.68. The van der Waals surface area contributed by atoms with E-state index in [-0.39, 0.29) is 11.8 Å². The molecular formula is C19H19NO2S. The molecule has 23 heavy (non-hydrogen) atoms. The number of thiophene rings is 1. The van der Waals surface area contributed by atoms with Gasteiger partial charge in [0.05, 0.1) is 11.1 Å². The molecule has 118 valence electrons. The first kappa shape index (κ1) is 15.6. The van der Waals surface area contributed by atoms with Gasteiger partial charge in [0, 0.05) is 12.5 Å². The Bertz CT molecular complexity index is 730. The third kappa shape index (κ3) is 3.90. The molecular weight excluding hydrogens is 306 g/mol. The first-order valence-electron chi connectivity index (χ1n) is 7.65. The van der Waals surface area contributed by atoms with Crippen molar-refractivity contribution in [2.24, 2.45) is 0 Å². The first-order chi connectivity index (χ1) is 11.2.